The van der Waals surface area contributed by atoms with Crippen LogP contribution in [-0.2, 0) is 16.1 Å². The van der Waals surface area contributed by atoms with Crippen molar-refractivity contribution in [3.05, 3.63) is 48.2 Å². The summed E-state index contributed by atoms with van der Waals surface area (Å²) in [6.07, 6.45) is 2.89. The van der Waals surface area contributed by atoms with Crippen LogP contribution in [0.15, 0.2) is 42.6 Å². The van der Waals surface area contributed by atoms with Gasteiger partial charge >= 0.3 is 5.97 Å². The third kappa shape index (κ3) is 3.66. The Morgan fingerprint density at radius 2 is 2.00 bits per heavy atom. The zero-order chi connectivity index (χ0) is 17.7. The predicted molar refractivity (Wildman–Crippen MR) is 93.9 cm³/mol. The van der Waals surface area contributed by atoms with E-state index in [1.807, 2.05) is 35.1 Å². The van der Waals surface area contributed by atoms with Crippen LogP contribution in [0.2, 0.25) is 0 Å². The molecule has 0 radical (unpaired) electrons. The highest BCUT2D eigenvalue weighted by atomic mass is 16.5. The van der Waals surface area contributed by atoms with Crippen molar-refractivity contribution in [3.63, 3.8) is 0 Å². The van der Waals surface area contributed by atoms with Gasteiger partial charge in [-0.3, -0.25) is 9.48 Å². The molecule has 6 nitrogen and oxygen atoms in total. The van der Waals surface area contributed by atoms with Gasteiger partial charge in [0, 0.05) is 25.4 Å². The smallest absolute Gasteiger partial charge is 0.326 e. The molecule has 0 spiro atoms. The zero-order valence-corrected chi connectivity index (χ0v) is 14.4. The van der Waals surface area contributed by atoms with Crippen LogP contribution in [0.5, 0.6) is 0 Å². The average molecular weight is 338 g/mol. The van der Waals surface area contributed by atoms with Crippen molar-refractivity contribution in [2.45, 2.75) is 26.3 Å². The molecule has 2 heterocycles. The van der Waals surface area contributed by atoms with E-state index in [2.05, 4.69) is 28.2 Å². The van der Waals surface area contributed by atoms with Gasteiger partial charge in [0.05, 0.1) is 19.2 Å². The molecule has 6 heteroatoms. The van der Waals surface area contributed by atoms with E-state index in [1.54, 1.807) is 6.92 Å². The molecule has 1 fully saturated rings. The molecule has 3 rings (SSSR count). The molecule has 2 aromatic rings. The van der Waals surface area contributed by atoms with Crippen molar-refractivity contribution in [2.75, 3.05) is 24.6 Å². The predicted octanol–water partition coefficient (Wildman–Crippen LogP) is 2.60. The minimum atomic E-state index is -1.01. The largest absolute Gasteiger partial charge is 0.465 e. The Morgan fingerprint density at radius 1 is 1.28 bits per heavy atom. The molecule has 0 unspecified atom stereocenters. The molecule has 1 aliphatic heterocycles. The lowest BCUT2D eigenvalue weighted by atomic mass is 9.80. The summed E-state index contributed by atoms with van der Waals surface area (Å²) in [5.74, 6) is 0.484. The van der Waals surface area contributed by atoms with E-state index in [0.29, 0.717) is 32.5 Å². The van der Waals surface area contributed by atoms with Crippen LogP contribution >= 0.6 is 0 Å². The lowest BCUT2D eigenvalue weighted by Gasteiger charge is -2.35. The molecule has 1 aromatic heterocycles. The number of ether oxygens (including phenoxy) is 1. The number of esters is 1. The second kappa shape index (κ2) is 7.39. The maximum atomic E-state index is 12.1. The molecule has 1 aliphatic rings. The molecule has 0 amide bonds. The second-order valence-corrected chi connectivity index (χ2v) is 6.26. The third-order valence-corrected chi connectivity index (χ3v) is 4.64. The van der Waals surface area contributed by atoms with Gasteiger partial charge < -0.3 is 9.64 Å². The van der Waals surface area contributed by atoms with E-state index in [9.17, 15) is 10.1 Å². The van der Waals surface area contributed by atoms with Crippen molar-refractivity contribution in [1.29, 1.82) is 5.26 Å². The molecule has 0 bridgehead atoms. The maximum Gasteiger partial charge on any atom is 0.326 e. The highest BCUT2D eigenvalue weighted by Crippen LogP contribution is 2.33. The molecule has 0 atom stereocenters. The Balaban J connectivity index is 1.64. The van der Waals surface area contributed by atoms with Crippen LogP contribution in [0.3, 0.4) is 0 Å². The standard InChI is InChI=1S/C19H22N4O2/c1-2-25-18(24)19(15-20)9-12-22(13-10-19)17-8-11-23(21-17)14-16-6-4-3-5-7-16/h3-8,11H,2,9-10,12-14H2,1H3. The van der Waals surface area contributed by atoms with Gasteiger partial charge in [0.15, 0.2) is 11.2 Å². The summed E-state index contributed by atoms with van der Waals surface area (Å²) in [5.41, 5.74) is 0.181. The summed E-state index contributed by atoms with van der Waals surface area (Å²) in [4.78, 5) is 14.2. The van der Waals surface area contributed by atoms with Crippen LogP contribution in [0, 0.1) is 16.7 Å². The zero-order valence-electron chi connectivity index (χ0n) is 14.4. The number of nitrogens with zero attached hydrogens (tertiary/aromatic N) is 4. The Kier molecular flexibility index (Phi) is 5.03. The third-order valence-electron chi connectivity index (χ3n) is 4.64. The summed E-state index contributed by atoms with van der Waals surface area (Å²) < 4.78 is 6.99. The number of aromatic nitrogens is 2. The van der Waals surface area contributed by atoms with E-state index in [0.717, 1.165) is 12.4 Å². The van der Waals surface area contributed by atoms with Crippen LogP contribution in [0.1, 0.15) is 25.3 Å². The lowest BCUT2D eigenvalue weighted by molar-refractivity contribution is -0.153. The van der Waals surface area contributed by atoms with E-state index < -0.39 is 11.4 Å². The van der Waals surface area contributed by atoms with Crippen LogP contribution in [0.25, 0.3) is 0 Å². The molecule has 1 saturated heterocycles. The molecule has 0 saturated carbocycles. The first-order valence-corrected chi connectivity index (χ1v) is 8.58. The van der Waals surface area contributed by atoms with Gasteiger partial charge in [0.2, 0.25) is 0 Å². The van der Waals surface area contributed by atoms with Gasteiger partial charge in [-0.1, -0.05) is 30.3 Å². The molecule has 1 aromatic carbocycles. The van der Waals surface area contributed by atoms with Gasteiger partial charge in [-0.15, -0.1) is 0 Å². The topological polar surface area (TPSA) is 71.2 Å². The number of hydrogen-bond donors (Lipinski definition) is 0. The quantitative estimate of drug-likeness (QED) is 0.784. The number of nitriles is 1. The van der Waals surface area contributed by atoms with Crippen molar-refractivity contribution >= 4 is 11.8 Å². The van der Waals surface area contributed by atoms with Gasteiger partial charge in [0.1, 0.15) is 0 Å². The molecule has 25 heavy (non-hydrogen) atoms. The minimum Gasteiger partial charge on any atom is -0.465 e. The summed E-state index contributed by atoms with van der Waals surface area (Å²) in [7, 11) is 0. The lowest BCUT2D eigenvalue weighted by Crippen LogP contribution is -2.44. The second-order valence-electron chi connectivity index (χ2n) is 6.26. The fraction of sp³-hybridized carbons (Fsp3) is 0.421. The van der Waals surface area contributed by atoms with E-state index in [1.165, 1.54) is 5.56 Å². The van der Waals surface area contributed by atoms with Gasteiger partial charge in [-0.25, -0.2) is 0 Å². The summed E-state index contributed by atoms with van der Waals surface area (Å²) >= 11 is 0. The normalized spacial score (nSPS) is 16.2. The number of carbonyl (C=O) groups is 1. The highest BCUT2D eigenvalue weighted by Gasteiger charge is 2.43. The number of benzene rings is 1. The first-order valence-electron chi connectivity index (χ1n) is 8.58. The average Bonchev–Trinajstić information content (AvgIpc) is 3.11. The first kappa shape index (κ1) is 17.0. The molecule has 130 valence electrons. The molecule has 0 N–H and O–H groups in total. The van der Waals surface area contributed by atoms with E-state index in [4.69, 9.17) is 4.74 Å². The van der Waals surface area contributed by atoms with Crippen molar-refractivity contribution in [3.8, 4) is 6.07 Å². The highest BCUT2D eigenvalue weighted by molar-refractivity contribution is 5.80. The number of carbonyl (C=O) groups excluding carboxylic acids is 1. The molecule has 0 aliphatic carbocycles. The monoisotopic (exact) mass is 338 g/mol. The van der Waals surface area contributed by atoms with Crippen LogP contribution in [-0.4, -0.2) is 35.4 Å². The number of rotatable bonds is 5. The van der Waals surface area contributed by atoms with Gasteiger partial charge in [-0.2, -0.15) is 10.4 Å². The van der Waals surface area contributed by atoms with Gasteiger partial charge in [-0.05, 0) is 25.3 Å². The fourth-order valence-corrected chi connectivity index (χ4v) is 3.13. The van der Waals surface area contributed by atoms with E-state index in [-0.39, 0.29) is 0 Å². The van der Waals surface area contributed by atoms with Crippen molar-refractivity contribution < 1.29 is 9.53 Å². The Labute approximate surface area is 147 Å². The van der Waals surface area contributed by atoms with E-state index >= 15 is 0 Å². The number of piperidine rings is 1. The Hall–Kier alpha value is -2.81. The van der Waals surface area contributed by atoms with Crippen molar-refractivity contribution in [2.24, 2.45) is 5.41 Å². The number of hydrogen-bond acceptors (Lipinski definition) is 5. The summed E-state index contributed by atoms with van der Waals surface area (Å²) in [5, 5.41) is 14.1. The molecular formula is C19H22N4O2. The first-order chi connectivity index (χ1) is 12.2. The summed E-state index contributed by atoms with van der Waals surface area (Å²) in [6, 6.07) is 14.3. The SMILES string of the molecule is CCOC(=O)C1(C#N)CCN(c2ccn(Cc3ccccc3)n2)CC1. The van der Waals surface area contributed by atoms with Crippen LogP contribution < -0.4 is 4.90 Å². The molecular weight excluding hydrogens is 316 g/mol. The summed E-state index contributed by atoms with van der Waals surface area (Å²) in [6.45, 7) is 4.02. The van der Waals surface area contributed by atoms with Crippen molar-refractivity contribution in [1.82, 2.24) is 9.78 Å². The van der Waals surface area contributed by atoms with Gasteiger partial charge in [0.25, 0.3) is 0 Å². The van der Waals surface area contributed by atoms with Crippen LogP contribution in [0.4, 0.5) is 5.82 Å². The minimum absolute atomic E-state index is 0.301. The maximum absolute atomic E-state index is 12.1. The Morgan fingerprint density at radius 3 is 2.64 bits per heavy atom. The number of anilines is 1. The Bertz CT molecular complexity index is 755. The fourth-order valence-electron chi connectivity index (χ4n) is 3.13.